The summed E-state index contributed by atoms with van der Waals surface area (Å²) in [5.74, 6) is -0.295. The van der Waals surface area contributed by atoms with Crippen LogP contribution in [0.25, 0.3) is 11.2 Å². The number of aromatic nitrogens is 3. The number of fused-ring (bicyclic) bond motifs is 1. The van der Waals surface area contributed by atoms with Gasteiger partial charge in [0, 0.05) is 31.6 Å². The smallest absolute Gasteiger partial charge is 0.255 e. The van der Waals surface area contributed by atoms with E-state index < -0.39 is 5.82 Å². The Morgan fingerprint density at radius 1 is 1.32 bits per heavy atom. The highest BCUT2D eigenvalue weighted by atomic mass is 19.1. The third kappa shape index (κ3) is 5.05. The maximum Gasteiger partial charge on any atom is 0.255 e. The highest BCUT2D eigenvalue weighted by Gasteiger charge is 2.21. The molecule has 0 aliphatic heterocycles. The molecule has 2 aromatic heterocycles. The average molecular weight is 426 g/mol. The maximum atomic E-state index is 13.6. The van der Waals surface area contributed by atoms with Crippen LogP contribution in [0.2, 0.25) is 0 Å². The molecule has 8 nitrogen and oxygen atoms in total. The average Bonchev–Trinajstić information content (AvgIpc) is 3.16. The van der Waals surface area contributed by atoms with Gasteiger partial charge in [0.25, 0.3) is 5.91 Å². The van der Waals surface area contributed by atoms with Crippen LogP contribution in [0, 0.1) is 17.1 Å². The number of benzene rings is 1. The van der Waals surface area contributed by atoms with Crippen molar-refractivity contribution >= 4 is 28.5 Å². The Morgan fingerprint density at radius 2 is 2.10 bits per heavy atom. The van der Waals surface area contributed by atoms with Gasteiger partial charge >= 0.3 is 0 Å². The van der Waals surface area contributed by atoms with Crippen LogP contribution in [0.4, 0.5) is 10.1 Å². The number of hydrogen-bond acceptors (Lipinski definition) is 6. The predicted molar refractivity (Wildman–Crippen MR) is 118 cm³/mol. The van der Waals surface area contributed by atoms with Crippen LogP contribution >= 0.6 is 0 Å². The highest BCUT2D eigenvalue weighted by Crippen LogP contribution is 2.21. The quantitative estimate of drug-likeness (QED) is 0.392. The molecule has 164 valence electrons. The zero-order chi connectivity index (χ0) is 22.5. The third-order valence-corrected chi connectivity index (χ3v) is 4.86. The van der Waals surface area contributed by atoms with Gasteiger partial charge in [0.05, 0.1) is 30.1 Å². The number of carbonyl (C=O) groups is 1. The SMILES string of the molecule is CNc1cc(F)ccc1C(=N)c1cnc2[nH]cc(C(=O)NC(COC)CC(C)C)c2n1. The summed E-state index contributed by atoms with van der Waals surface area (Å²) in [5.41, 5.74) is 2.46. The number of anilines is 1. The molecule has 3 aromatic rings. The van der Waals surface area contributed by atoms with Crippen molar-refractivity contribution in [3.63, 3.8) is 0 Å². The second kappa shape index (κ2) is 9.65. The molecule has 0 fully saturated rings. The van der Waals surface area contributed by atoms with Crippen molar-refractivity contribution in [2.75, 3.05) is 26.1 Å². The molecule has 0 aliphatic carbocycles. The van der Waals surface area contributed by atoms with Gasteiger partial charge in [0.15, 0.2) is 5.65 Å². The Morgan fingerprint density at radius 3 is 2.77 bits per heavy atom. The van der Waals surface area contributed by atoms with Crippen molar-refractivity contribution in [2.24, 2.45) is 5.92 Å². The molecule has 1 atom stereocenters. The Bertz CT molecular complexity index is 1090. The minimum Gasteiger partial charge on any atom is -0.387 e. The molecule has 0 radical (unpaired) electrons. The summed E-state index contributed by atoms with van der Waals surface area (Å²) in [5, 5.41) is 14.4. The molecular weight excluding hydrogens is 399 g/mol. The molecule has 1 amide bonds. The number of hydrogen-bond donors (Lipinski definition) is 4. The number of methoxy groups -OCH3 is 1. The van der Waals surface area contributed by atoms with E-state index in [0.29, 0.717) is 40.5 Å². The molecule has 9 heteroatoms. The van der Waals surface area contributed by atoms with Crippen LogP contribution in [-0.2, 0) is 4.74 Å². The third-order valence-electron chi connectivity index (χ3n) is 4.86. The zero-order valence-corrected chi connectivity index (χ0v) is 18.0. The van der Waals surface area contributed by atoms with Crippen LogP contribution < -0.4 is 10.6 Å². The molecule has 0 aliphatic rings. The van der Waals surface area contributed by atoms with Crippen LogP contribution in [0.5, 0.6) is 0 Å². The number of nitrogens with zero attached hydrogens (tertiary/aromatic N) is 2. The van der Waals surface area contributed by atoms with E-state index in [9.17, 15) is 9.18 Å². The zero-order valence-electron chi connectivity index (χ0n) is 18.0. The van der Waals surface area contributed by atoms with Crippen molar-refractivity contribution in [1.29, 1.82) is 5.41 Å². The first-order chi connectivity index (χ1) is 14.8. The number of amides is 1. The van der Waals surface area contributed by atoms with Gasteiger partial charge in [-0.2, -0.15) is 0 Å². The number of rotatable bonds is 9. The predicted octanol–water partition coefficient (Wildman–Crippen LogP) is 3.35. The molecule has 1 unspecified atom stereocenters. The molecule has 2 heterocycles. The minimum absolute atomic E-state index is 0.0726. The van der Waals surface area contributed by atoms with Gasteiger partial charge in [-0.05, 0) is 30.5 Å². The normalized spacial score (nSPS) is 12.2. The van der Waals surface area contributed by atoms with E-state index in [0.717, 1.165) is 6.42 Å². The van der Waals surface area contributed by atoms with Crippen molar-refractivity contribution < 1.29 is 13.9 Å². The molecule has 0 saturated carbocycles. The number of carbonyl (C=O) groups excluding carboxylic acids is 1. The fraction of sp³-hybridized carbons (Fsp3) is 0.364. The molecule has 0 saturated heterocycles. The summed E-state index contributed by atoms with van der Waals surface area (Å²) in [4.78, 5) is 24.7. The number of aromatic amines is 1. The molecule has 0 bridgehead atoms. The summed E-state index contributed by atoms with van der Waals surface area (Å²) in [7, 11) is 3.26. The lowest BCUT2D eigenvalue weighted by molar-refractivity contribution is 0.0886. The highest BCUT2D eigenvalue weighted by molar-refractivity contribution is 6.14. The van der Waals surface area contributed by atoms with Crippen LogP contribution in [0.3, 0.4) is 0 Å². The largest absolute Gasteiger partial charge is 0.387 e. The summed E-state index contributed by atoms with van der Waals surface area (Å²) in [6.45, 7) is 4.57. The number of H-pyrrole nitrogens is 1. The minimum atomic E-state index is -0.404. The molecule has 1 aromatic carbocycles. The molecule has 3 rings (SSSR count). The topological polar surface area (TPSA) is 116 Å². The molecular formula is C22H27FN6O2. The second-order valence-corrected chi connectivity index (χ2v) is 7.72. The lowest BCUT2D eigenvalue weighted by Gasteiger charge is -2.19. The van der Waals surface area contributed by atoms with Gasteiger partial charge in [-0.25, -0.2) is 14.4 Å². The van der Waals surface area contributed by atoms with Crippen molar-refractivity contribution in [3.8, 4) is 0 Å². The number of halogens is 1. The lowest BCUT2D eigenvalue weighted by Crippen LogP contribution is -2.39. The van der Waals surface area contributed by atoms with E-state index in [2.05, 4.69) is 39.4 Å². The van der Waals surface area contributed by atoms with Gasteiger partial charge < -0.3 is 20.4 Å². The van der Waals surface area contributed by atoms with Gasteiger partial charge in [-0.3, -0.25) is 10.2 Å². The van der Waals surface area contributed by atoms with Crippen molar-refractivity contribution in [1.82, 2.24) is 20.3 Å². The summed E-state index contributed by atoms with van der Waals surface area (Å²) in [6, 6.07) is 3.99. The first-order valence-electron chi connectivity index (χ1n) is 10.0. The first kappa shape index (κ1) is 22.4. The Kier molecular flexibility index (Phi) is 6.96. The van der Waals surface area contributed by atoms with E-state index in [1.165, 1.54) is 24.4 Å². The Hall–Kier alpha value is -3.33. The van der Waals surface area contributed by atoms with E-state index >= 15 is 0 Å². The fourth-order valence-corrected chi connectivity index (χ4v) is 3.47. The van der Waals surface area contributed by atoms with Crippen molar-refractivity contribution in [3.05, 3.63) is 53.2 Å². The fourth-order valence-electron chi connectivity index (χ4n) is 3.47. The van der Waals surface area contributed by atoms with Gasteiger partial charge in [-0.15, -0.1) is 0 Å². The molecule has 31 heavy (non-hydrogen) atoms. The van der Waals surface area contributed by atoms with E-state index in [4.69, 9.17) is 10.1 Å². The Labute approximate surface area is 180 Å². The monoisotopic (exact) mass is 426 g/mol. The van der Waals surface area contributed by atoms with Gasteiger partial charge in [-0.1, -0.05) is 13.8 Å². The van der Waals surface area contributed by atoms with E-state index in [-0.39, 0.29) is 23.4 Å². The number of ether oxygens (including phenoxy) is 1. The molecule has 0 spiro atoms. The maximum absolute atomic E-state index is 13.6. The summed E-state index contributed by atoms with van der Waals surface area (Å²) in [6.07, 6.45) is 3.79. The second-order valence-electron chi connectivity index (χ2n) is 7.72. The van der Waals surface area contributed by atoms with Crippen LogP contribution in [0.1, 0.15) is 41.9 Å². The van der Waals surface area contributed by atoms with E-state index in [1.807, 2.05) is 0 Å². The first-order valence-corrected chi connectivity index (χ1v) is 10.0. The van der Waals surface area contributed by atoms with E-state index in [1.54, 1.807) is 20.4 Å². The standard InChI is InChI=1S/C22H27FN6O2/c1-12(2)7-14(11-31-4)28-22(30)16-9-26-21-20(16)29-18(10-27-21)19(24)15-6-5-13(23)8-17(15)25-3/h5-6,8-10,12,14,24-25H,7,11H2,1-4H3,(H,26,27)(H,28,30). The van der Waals surface area contributed by atoms with Crippen LogP contribution in [-0.4, -0.2) is 53.4 Å². The molecule has 4 N–H and O–H groups in total. The number of nitrogens with one attached hydrogen (secondary N) is 4. The van der Waals surface area contributed by atoms with Crippen molar-refractivity contribution in [2.45, 2.75) is 26.3 Å². The van der Waals surface area contributed by atoms with Crippen LogP contribution in [0.15, 0.2) is 30.6 Å². The summed E-state index contributed by atoms with van der Waals surface area (Å²) >= 11 is 0. The van der Waals surface area contributed by atoms with Gasteiger partial charge in [0.2, 0.25) is 0 Å². The lowest BCUT2D eigenvalue weighted by atomic mass is 10.0. The Balaban J connectivity index is 1.92. The van der Waals surface area contributed by atoms with Gasteiger partial charge in [0.1, 0.15) is 17.0 Å². The summed E-state index contributed by atoms with van der Waals surface area (Å²) < 4.78 is 18.8.